The van der Waals surface area contributed by atoms with Gasteiger partial charge in [-0.25, -0.2) is 4.98 Å². The fourth-order valence-corrected chi connectivity index (χ4v) is 3.34. The van der Waals surface area contributed by atoms with Crippen molar-refractivity contribution < 1.29 is 9.53 Å². The predicted octanol–water partition coefficient (Wildman–Crippen LogP) is 4.24. The van der Waals surface area contributed by atoms with Crippen molar-refractivity contribution in [3.8, 4) is 22.9 Å². The number of ether oxygens (including phenoxy) is 1. The van der Waals surface area contributed by atoms with Crippen molar-refractivity contribution in [2.75, 3.05) is 0 Å². The zero-order chi connectivity index (χ0) is 21.8. The highest BCUT2D eigenvalue weighted by Gasteiger charge is 2.10. The Kier molecular flexibility index (Phi) is 5.59. The number of aromatic nitrogens is 2. The second-order valence-corrected chi connectivity index (χ2v) is 7.15. The summed E-state index contributed by atoms with van der Waals surface area (Å²) in [5, 5.41) is 9.42. The number of para-hydroxylation sites is 1. The molecule has 0 N–H and O–H groups in total. The van der Waals surface area contributed by atoms with Gasteiger partial charge in [-0.3, -0.25) is 14.2 Å². The van der Waals surface area contributed by atoms with E-state index in [1.807, 2.05) is 43.3 Å². The summed E-state index contributed by atoms with van der Waals surface area (Å²) in [6, 6.07) is 22.0. The molecule has 0 atom stereocenters. The third-order valence-electron chi connectivity index (χ3n) is 5.05. The molecule has 0 bridgehead atoms. The minimum Gasteiger partial charge on any atom is -0.426 e. The molecule has 0 aliphatic heterocycles. The van der Waals surface area contributed by atoms with Crippen LogP contribution in [0.3, 0.4) is 0 Å². The first kappa shape index (κ1) is 20.0. The number of esters is 1. The summed E-state index contributed by atoms with van der Waals surface area (Å²) in [5.74, 6) is 0.00404. The van der Waals surface area contributed by atoms with E-state index >= 15 is 0 Å². The van der Waals surface area contributed by atoms with Gasteiger partial charge >= 0.3 is 5.97 Å². The van der Waals surface area contributed by atoms with Gasteiger partial charge in [0.25, 0.3) is 5.56 Å². The zero-order valence-corrected chi connectivity index (χ0v) is 16.9. The Morgan fingerprint density at radius 3 is 2.39 bits per heavy atom. The van der Waals surface area contributed by atoms with Crippen LogP contribution in [0.2, 0.25) is 0 Å². The van der Waals surface area contributed by atoms with E-state index in [0.29, 0.717) is 22.2 Å². The number of hydrogen-bond acceptors (Lipinski definition) is 5. The maximum absolute atomic E-state index is 12.6. The number of nitrogens with zero attached hydrogens (tertiary/aromatic N) is 3. The topological polar surface area (TPSA) is 85.0 Å². The lowest BCUT2D eigenvalue weighted by Crippen LogP contribution is -2.23. The number of rotatable bonds is 5. The van der Waals surface area contributed by atoms with Gasteiger partial charge in [0, 0.05) is 6.54 Å². The molecule has 3 aromatic carbocycles. The molecule has 152 valence electrons. The van der Waals surface area contributed by atoms with Gasteiger partial charge in [-0.2, -0.15) is 5.26 Å². The van der Waals surface area contributed by atoms with Gasteiger partial charge in [0.05, 0.1) is 35.3 Å². The Balaban J connectivity index is 1.40. The van der Waals surface area contributed by atoms with E-state index < -0.39 is 5.97 Å². The summed E-state index contributed by atoms with van der Waals surface area (Å²) in [4.78, 5) is 29.2. The van der Waals surface area contributed by atoms with E-state index in [-0.39, 0.29) is 18.5 Å². The molecule has 4 rings (SSSR count). The first-order chi connectivity index (χ1) is 15.0. The summed E-state index contributed by atoms with van der Waals surface area (Å²) in [5.41, 5.74) is 3.96. The lowest BCUT2D eigenvalue weighted by molar-refractivity contribution is -0.134. The van der Waals surface area contributed by atoms with Gasteiger partial charge in [-0.05, 0) is 53.9 Å². The van der Waals surface area contributed by atoms with Gasteiger partial charge in [0.1, 0.15) is 5.75 Å². The van der Waals surface area contributed by atoms with Gasteiger partial charge in [-0.15, -0.1) is 0 Å². The van der Waals surface area contributed by atoms with Crippen molar-refractivity contribution in [3.05, 3.63) is 94.5 Å². The molecule has 0 amide bonds. The molecule has 0 aliphatic carbocycles. The average molecular weight is 409 g/mol. The Hall–Kier alpha value is -4.24. The van der Waals surface area contributed by atoms with Crippen molar-refractivity contribution in [2.45, 2.75) is 19.9 Å². The highest BCUT2D eigenvalue weighted by molar-refractivity contribution is 5.80. The van der Waals surface area contributed by atoms with Crippen molar-refractivity contribution in [1.82, 2.24) is 9.55 Å². The van der Waals surface area contributed by atoms with Crippen LogP contribution in [-0.2, 0) is 11.3 Å². The number of carbonyl (C=O) groups is 1. The monoisotopic (exact) mass is 409 g/mol. The quantitative estimate of drug-likeness (QED) is 0.364. The molecule has 6 nitrogen and oxygen atoms in total. The molecule has 0 fully saturated rings. The largest absolute Gasteiger partial charge is 0.426 e. The maximum atomic E-state index is 12.6. The first-order valence-electron chi connectivity index (χ1n) is 9.81. The van der Waals surface area contributed by atoms with Crippen LogP contribution in [-0.4, -0.2) is 15.5 Å². The van der Waals surface area contributed by atoms with Crippen LogP contribution in [0.15, 0.2) is 77.9 Å². The maximum Gasteiger partial charge on any atom is 0.312 e. The molecule has 0 radical (unpaired) electrons. The lowest BCUT2D eigenvalue weighted by Gasteiger charge is -2.09. The molecule has 0 saturated carbocycles. The van der Waals surface area contributed by atoms with Gasteiger partial charge in [0.2, 0.25) is 0 Å². The average Bonchev–Trinajstić information content (AvgIpc) is 2.80. The van der Waals surface area contributed by atoms with Crippen molar-refractivity contribution in [1.29, 1.82) is 5.26 Å². The highest BCUT2D eigenvalue weighted by atomic mass is 16.5. The summed E-state index contributed by atoms with van der Waals surface area (Å²) in [7, 11) is 0. The van der Waals surface area contributed by atoms with Crippen LogP contribution in [0.1, 0.15) is 17.5 Å². The molecule has 4 aromatic rings. The van der Waals surface area contributed by atoms with Gasteiger partial charge < -0.3 is 4.74 Å². The fourth-order valence-electron chi connectivity index (χ4n) is 3.34. The SMILES string of the molecule is Cc1cccc2c(=O)n(CCC(=O)Oc3ccc(-c4ccc(C#N)cc4)cc3)cnc12. The van der Waals surface area contributed by atoms with Crippen molar-refractivity contribution >= 4 is 16.9 Å². The van der Waals surface area contributed by atoms with Crippen LogP contribution in [0.25, 0.3) is 22.0 Å². The van der Waals surface area contributed by atoms with Gasteiger partial charge in [-0.1, -0.05) is 36.4 Å². The molecular formula is C25H19N3O3. The summed E-state index contributed by atoms with van der Waals surface area (Å²) >= 11 is 0. The van der Waals surface area contributed by atoms with Crippen LogP contribution in [0, 0.1) is 18.3 Å². The molecule has 0 saturated heterocycles. The first-order valence-corrected chi connectivity index (χ1v) is 9.81. The van der Waals surface area contributed by atoms with Crippen LogP contribution < -0.4 is 10.3 Å². The fraction of sp³-hybridized carbons (Fsp3) is 0.120. The van der Waals surface area contributed by atoms with Crippen LogP contribution in [0.5, 0.6) is 5.75 Å². The molecule has 31 heavy (non-hydrogen) atoms. The van der Waals surface area contributed by atoms with E-state index in [9.17, 15) is 9.59 Å². The predicted molar refractivity (Wildman–Crippen MR) is 118 cm³/mol. The van der Waals surface area contributed by atoms with E-state index in [0.717, 1.165) is 16.7 Å². The number of aryl methyl sites for hydroxylation is 2. The Bertz CT molecular complexity index is 1350. The number of hydrogen-bond donors (Lipinski definition) is 0. The minimum atomic E-state index is -0.428. The number of nitriles is 1. The smallest absolute Gasteiger partial charge is 0.312 e. The van der Waals surface area contributed by atoms with Crippen LogP contribution >= 0.6 is 0 Å². The van der Waals surface area contributed by atoms with E-state index in [4.69, 9.17) is 10.00 Å². The van der Waals surface area contributed by atoms with E-state index in [1.54, 1.807) is 30.3 Å². The normalized spacial score (nSPS) is 10.6. The third kappa shape index (κ3) is 4.36. The number of benzene rings is 3. The van der Waals surface area contributed by atoms with Crippen LogP contribution in [0.4, 0.5) is 0 Å². The number of carbonyl (C=O) groups excluding carboxylic acids is 1. The molecule has 1 heterocycles. The number of fused-ring (bicyclic) bond motifs is 1. The Morgan fingerprint density at radius 2 is 1.71 bits per heavy atom. The van der Waals surface area contributed by atoms with Gasteiger partial charge in [0.15, 0.2) is 0 Å². The summed E-state index contributed by atoms with van der Waals surface area (Å²) in [6.07, 6.45) is 1.52. The second-order valence-electron chi connectivity index (χ2n) is 7.15. The molecule has 1 aromatic heterocycles. The Labute approximate surface area is 179 Å². The summed E-state index contributed by atoms with van der Waals surface area (Å²) in [6.45, 7) is 2.10. The minimum absolute atomic E-state index is 0.0519. The molecular weight excluding hydrogens is 390 g/mol. The molecule has 6 heteroatoms. The Morgan fingerprint density at radius 1 is 1.03 bits per heavy atom. The summed E-state index contributed by atoms with van der Waals surface area (Å²) < 4.78 is 6.82. The van der Waals surface area contributed by atoms with Crippen molar-refractivity contribution in [2.24, 2.45) is 0 Å². The van der Waals surface area contributed by atoms with Crippen molar-refractivity contribution in [3.63, 3.8) is 0 Å². The zero-order valence-electron chi connectivity index (χ0n) is 16.9. The molecule has 0 unspecified atom stereocenters. The standard InChI is InChI=1S/C25H19N3O3/c1-17-3-2-4-22-24(17)27-16-28(25(22)30)14-13-23(29)31-21-11-9-20(10-12-21)19-7-5-18(15-26)6-8-19/h2-12,16H,13-14H2,1H3. The third-order valence-corrected chi connectivity index (χ3v) is 5.05. The van der Waals surface area contributed by atoms with E-state index in [1.165, 1.54) is 10.9 Å². The molecule has 0 spiro atoms. The lowest BCUT2D eigenvalue weighted by atomic mass is 10.0. The second kappa shape index (κ2) is 8.64. The highest BCUT2D eigenvalue weighted by Crippen LogP contribution is 2.23. The van der Waals surface area contributed by atoms with E-state index in [2.05, 4.69) is 11.1 Å². The molecule has 0 aliphatic rings.